The fourth-order valence-corrected chi connectivity index (χ4v) is 1.62. The molecule has 0 saturated carbocycles. The van der Waals surface area contributed by atoms with Crippen LogP contribution in [0, 0.1) is 11.3 Å². The van der Waals surface area contributed by atoms with E-state index in [0.717, 1.165) is 0 Å². The van der Waals surface area contributed by atoms with E-state index in [0.29, 0.717) is 22.7 Å². The van der Waals surface area contributed by atoms with Gasteiger partial charge in [-0.3, -0.25) is 4.79 Å². The number of nitrogens with one attached hydrogen (secondary N) is 1. The Labute approximate surface area is 116 Å². The van der Waals surface area contributed by atoms with Gasteiger partial charge in [0.05, 0.1) is 12.1 Å². The van der Waals surface area contributed by atoms with E-state index in [4.69, 9.17) is 15.7 Å². The van der Waals surface area contributed by atoms with Crippen LogP contribution in [0.5, 0.6) is 11.5 Å². The molecule has 0 saturated heterocycles. The van der Waals surface area contributed by atoms with Gasteiger partial charge < -0.3 is 15.8 Å². The zero-order chi connectivity index (χ0) is 14.4. The number of nitrogens with two attached hydrogens (primary N) is 1. The summed E-state index contributed by atoms with van der Waals surface area (Å²) in [5, 5.41) is 11.6. The van der Waals surface area contributed by atoms with Crippen LogP contribution in [-0.4, -0.2) is 12.5 Å². The highest BCUT2D eigenvalue weighted by molar-refractivity contribution is 5.92. The SMILES string of the molecule is N#Cc1ccccc1Oc1cccc(NC(=O)CN)c1. The zero-order valence-corrected chi connectivity index (χ0v) is 10.7. The molecule has 100 valence electrons. The first kappa shape index (κ1) is 13.6. The van der Waals surface area contributed by atoms with Crippen LogP contribution in [0.1, 0.15) is 5.56 Å². The molecular weight excluding hydrogens is 254 g/mol. The van der Waals surface area contributed by atoms with Gasteiger partial charge >= 0.3 is 0 Å². The Morgan fingerprint density at radius 2 is 2.05 bits per heavy atom. The van der Waals surface area contributed by atoms with E-state index in [1.807, 2.05) is 0 Å². The summed E-state index contributed by atoms with van der Waals surface area (Å²) in [6.07, 6.45) is 0. The van der Waals surface area contributed by atoms with Crippen LogP contribution in [0.25, 0.3) is 0 Å². The van der Waals surface area contributed by atoms with E-state index in [1.54, 1.807) is 48.5 Å². The maximum Gasteiger partial charge on any atom is 0.238 e. The van der Waals surface area contributed by atoms with Gasteiger partial charge in [-0.1, -0.05) is 18.2 Å². The van der Waals surface area contributed by atoms with Crippen molar-refractivity contribution in [3.8, 4) is 17.6 Å². The summed E-state index contributed by atoms with van der Waals surface area (Å²) < 4.78 is 5.65. The number of carbonyl (C=O) groups is 1. The number of rotatable bonds is 4. The average molecular weight is 267 g/mol. The number of para-hydroxylation sites is 1. The summed E-state index contributed by atoms with van der Waals surface area (Å²) in [6, 6.07) is 15.9. The molecule has 2 rings (SSSR count). The summed E-state index contributed by atoms with van der Waals surface area (Å²) in [7, 11) is 0. The molecule has 2 aromatic carbocycles. The van der Waals surface area contributed by atoms with Crippen LogP contribution >= 0.6 is 0 Å². The first-order valence-electron chi connectivity index (χ1n) is 6.00. The lowest BCUT2D eigenvalue weighted by Crippen LogP contribution is -2.21. The molecule has 0 bridgehead atoms. The lowest BCUT2D eigenvalue weighted by molar-refractivity contribution is -0.114. The fourth-order valence-electron chi connectivity index (χ4n) is 1.62. The third-order valence-corrected chi connectivity index (χ3v) is 2.54. The van der Waals surface area contributed by atoms with Gasteiger partial charge in [-0.15, -0.1) is 0 Å². The van der Waals surface area contributed by atoms with Gasteiger partial charge in [-0.2, -0.15) is 5.26 Å². The maximum atomic E-state index is 11.2. The van der Waals surface area contributed by atoms with Crippen molar-refractivity contribution in [2.75, 3.05) is 11.9 Å². The van der Waals surface area contributed by atoms with Crippen LogP contribution in [0.4, 0.5) is 5.69 Å². The third kappa shape index (κ3) is 3.34. The minimum absolute atomic E-state index is 0.0810. The van der Waals surface area contributed by atoms with E-state index in [9.17, 15) is 4.79 Å². The van der Waals surface area contributed by atoms with Crippen LogP contribution in [0.3, 0.4) is 0 Å². The minimum Gasteiger partial charge on any atom is -0.456 e. The molecule has 2 aromatic rings. The molecule has 0 unspecified atom stereocenters. The lowest BCUT2D eigenvalue weighted by Gasteiger charge is -2.09. The Morgan fingerprint density at radius 1 is 1.25 bits per heavy atom. The monoisotopic (exact) mass is 267 g/mol. The first-order chi connectivity index (χ1) is 9.72. The second kappa shape index (κ2) is 6.36. The molecule has 0 spiro atoms. The second-order valence-corrected chi connectivity index (χ2v) is 3.99. The van der Waals surface area contributed by atoms with Crippen molar-refractivity contribution in [3.63, 3.8) is 0 Å². The number of anilines is 1. The maximum absolute atomic E-state index is 11.2. The molecule has 1 amide bonds. The molecule has 0 heterocycles. The molecular formula is C15H13N3O2. The van der Waals surface area contributed by atoms with Gasteiger partial charge in [-0.25, -0.2) is 0 Å². The van der Waals surface area contributed by atoms with E-state index in [-0.39, 0.29) is 12.5 Å². The molecule has 0 atom stereocenters. The topological polar surface area (TPSA) is 88.1 Å². The van der Waals surface area contributed by atoms with Gasteiger partial charge in [0.15, 0.2) is 0 Å². The summed E-state index contributed by atoms with van der Waals surface area (Å²) in [5.74, 6) is 0.722. The summed E-state index contributed by atoms with van der Waals surface area (Å²) in [4.78, 5) is 11.2. The number of nitriles is 1. The molecule has 5 heteroatoms. The molecule has 20 heavy (non-hydrogen) atoms. The summed E-state index contributed by atoms with van der Waals surface area (Å²) >= 11 is 0. The molecule has 0 fully saturated rings. The van der Waals surface area contributed by atoms with Gasteiger partial charge in [0.2, 0.25) is 5.91 Å². The number of ether oxygens (including phenoxy) is 1. The molecule has 0 aromatic heterocycles. The van der Waals surface area contributed by atoms with Crippen LogP contribution in [0.15, 0.2) is 48.5 Å². The van der Waals surface area contributed by atoms with Gasteiger partial charge in [0, 0.05) is 11.8 Å². The predicted octanol–water partition coefficient (Wildman–Crippen LogP) is 2.25. The van der Waals surface area contributed by atoms with Gasteiger partial charge in [0.1, 0.15) is 17.6 Å². The fraction of sp³-hybridized carbons (Fsp3) is 0.0667. The van der Waals surface area contributed by atoms with Crippen LogP contribution in [0.2, 0.25) is 0 Å². The van der Waals surface area contributed by atoms with E-state index >= 15 is 0 Å². The minimum atomic E-state index is -0.278. The van der Waals surface area contributed by atoms with Crippen LogP contribution < -0.4 is 15.8 Å². The van der Waals surface area contributed by atoms with Crippen molar-refractivity contribution in [1.29, 1.82) is 5.26 Å². The number of benzene rings is 2. The second-order valence-electron chi connectivity index (χ2n) is 3.99. The van der Waals surface area contributed by atoms with Crippen molar-refractivity contribution < 1.29 is 9.53 Å². The number of amides is 1. The Bertz CT molecular complexity index is 662. The number of hydrogen-bond acceptors (Lipinski definition) is 4. The highest BCUT2D eigenvalue weighted by Gasteiger charge is 2.05. The number of nitrogens with zero attached hydrogens (tertiary/aromatic N) is 1. The largest absolute Gasteiger partial charge is 0.456 e. The molecule has 0 aliphatic heterocycles. The molecule has 0 radical (unpaired) electrons. The Kier molecular flexibility index (Phi) is 4.32. The standard InChI is InChI=1S/C15H13N3O2/c16-9-11-4-1-2-7-14(11)20-13-6-3-5-12(8-13)18-15(19)10-17/h1-8H,10,17H2,(H,18,19). The zero-order valence-electron chi connectivity index (χ0n) is 10.7. The van der Waals surface area contributed by atoms with E-state index < -0.39 is 0 Å². The van der Waals surface area contributed by atoms with Crippen molar-refractivity contribution >= 4 is 11.6 Å². The molecule has 3 N–H and O–H groups in total. The summed E-state index contributed by atoms with van der Waals surface area (Å²) in [6.45, 7) is -0.0810. The van der Waals surface area contributed by atoms with Crippen molar-refractivity contribution in [2.45, 2.75) is 0 Å². The Balaban J connectivity index is 2.20. The van der Waals surface area contributed by atoms with Crippen molar-refractivity contribution in [2.24, 2.45) is 5.73 Å². The summed E-state index contributed by atoms with van der Waals surface area (Å²) in [5.41, 5.74) is 6.28. The molecule has 0 aliphatic carbocycles. The Hall–Kier alpha value is -2.84. The quantitative estimate of drug-likeness (QED) is 0.889. The normalized spacial score (nSPS) is 9.60. The molecule has 5 nitrogen and oxygen atoms in total. The van der Waals surface area contributed by atoms with Crippen molar-refractivity contribution in [1.82, 2.24) is 0 Å². The van der Waals surface area contributed by atoms with Crippen molar-refractivity contribution in [3.05, 3.63) is 54.1 Å². The van der Waals surface area contributed by atoms with Gasteiger partial charge in [0.25, 0.3) is 0 Å². The highest BCUT2D eigenvalue weighted by Crippen LogP contribution is 2.26. The smallest absolute Gasteiger partial charge is 0.238 e. The van der Waals surface area contributed by atoms with E-state index in [1.165, 1.54) is 0 Å². The predicted molar refractivity (Wildman–Crippen MR) is 75.4 cm³/mol. The van der Waals surface area contributed by atoms with Crippen LogP contribution in [-0.2, 0) is 4.79 Å². The average Bonchev–Trinajstić information content (AvgIpc) is 2.48. The lowest BCUT2D eigenvalue weighted by atomic mass is 10.2. The van der Waals surface area contributed by atoms with E-state index in [2.05, 4.69) is 11.4 Å². The Morgan fingerprint density at radius 3 is 2.80 bits per heavy atom. The number of hydrogen-bond donors (Lipinski definition) is 2. The third-order valence-electron chi connectivity index (χ3n) is 2.54. The van der Waals surface area contributed by atoms with Gasteiger partial charge in [-0.05, 0) is 24.3 Å². The molecule has 0 aliphatic rings. The highest BCUT2D eigenvalue weighted by atomic mass is 16.5. The number of carbonyl (C=O) groups excluding carboxylic acids is 1. The first-order valence-corrected chi connectivity index (χ1v) is 6.00.